The number of hydrogen-bond acceptors (Lipinski definition) is 13. The standard InChI is InChI=1S/C17H21F3O5S.C16H22O3.C2F6O5S2/c1-2-24-16(21)11-12-3-5-13(6-4-12)14-7-9-15(10-8-14)25-26(22,23)17(18,19)20;1-2-19-16(18)11-12-3-5-13(6-4-12)14-7-9-15(17)10-8-14;3-1(4,5)14(9,10)13-15(11,12)2(6,7)8/h7-10,12-13H,2-6,11H2,1H3;7-10,12-13,17H,2-6,11H2,1H3;. The Bertz CT molecular complexity index is 1960. The molecule has 342 valence electrons. The van der Waals surface area contributed by atoms with E-state index in [2.05, 4.69) is 4.18 Å². The first-order valence-electron chi connectivity index (χ1n) is 18.1. The van der Waals surface area contributed by atoms with E-state index in [0.29, 0.717) is 43.6 Å². The molecule has 0 amide bonds. The lowest BCUT2D eigenvalue weighted by molar-refractivity contribution is -0.145. The summed E-state index contributed by atoms with van der Waals surface area (Å²) < 4.78 is 183. The third-order valence-corrected chi connectivity index (χ3v) is 12.7. The van der Waals surface area contributed by atoms with Gasteiger partial charge in [-0.25, -0.2) is 0 Å². The van der Waals surface area contributed by atoms with E-state index in [1.165, 1.54) is 17.7 Å². The van der Waals surface area contributed by atoms with Crippen LogP contribution in [0, 0.1) is 11.8 Å². The highest BCUT2D eigenvalue weighted by Crippen LogP contribution is 2.39. The Labute approximate surface area is 340 Å². The Hall–Kier alpha value is -3.84. The second-order valence-corrected chi connectivity index (χ2v) is 18.3. The van der Waals surface area contributed by atoms with Gasteiger partial charge in [0.15, 0.2) is 0 Å². The third kappa shape index (κ3) is 16.6. The zero-order valence-electron chi connectivity index (χ0n) is 31.9. The molecule has 0 bridgehead atoms. The number of hydrogen-bond donors (Lipinski definition) is 1. The van der Waals surface area contributed by atoms with E-state index in [9.17, 15) is 79.5 Å². The Balaban J connectivity index is 0.000000324. The number of benzene rings is 2. The Kier molecular flexibility index (Phi) is 19.0. The lowest BCUT2D eigenvalue weighted by Crippen LogP contribution is -2.34. The van der Waals surface area contributed by atoms with E-state index in [4.69, 9.17) is 9.47 Å². The highest BCUT2D eigenvalue weighted by molar-refractivity contribution is 8.00. The summed E-state index contributed by atoms with van der Waals surface area (Å²) in [5.41, 5.74) is -15.8. The molecule has 1 N–H and O–H groups in total. The maximum Gasteiger partial charge on any atom is 0.534 e. The molecule has 4 rings (SSSR count). The summed E-state index contributed by atoms with van der Waals surface area (Å²) in [6, 6.07) is 13.1. The molecule has 0 saturated heterocycles. The molecule has 0 radical (unpaired) electrons. The van der Waals surface area contributed by atoms with Gasteiger partial charge in [-0.15, -0.1) is 3.63 Å². The quantitative estimate of drug-likeness (QED) is 0.0923. The molecule has 0 spiro atoms. The molecule has 2 aromatic carbocycles. The van der Waals surface area contributed by atoms with Gasteiger partial charge < -0.3 is 18.8 Å². The van der Waals surface area contributed by atoms with Gasteiger partial charge in [0.05, 0.1) is 13.2 Å². The highest BCUT2D eigenvalue weighted by atomic mass is 32.3. The van der Waals surface area contributed by atoms with Gasteiger partial charge in [-0.05, 0) is 124 Å². The predicted molar refractivity (Wildman–Crippen MR) is 193 cm³/mol. The van der Waals surface area contributed by atoms with Crippen molar-refractivity contribution in [2.75, 3.05) is 13.2 Å². The monoisotopic (exact) mass is 938 g/mol. The van der Waals surface area contributed by atoms with E-state index in [-0.39, 0.29) is 29.5 Å². The topological polar surface area (TPSA) is 194 Å². The van der Waals surface area contributed by atoms with Gasteiger partial charge in [0.2, 0.25) is 0 Å². The minimum absolute atomic E-state index is 0.0596. The van der Waals surface area contributed by atoms with Crippen LogP contribution in [0.3, 0.4) is 0 Å². The molecule has 0 unspecified atom stereocenters. The maximum absolute atomic E-state index is 12.3. The van der Waals surface area contributed by atoms with Gasteiger partial charge in [0.25, 0.3) is 0 Å². The number of alkyl halides is 9. The largest absolute Gasteiger partial charge is 0.534 e. The number of rotatable bonds is 12. The van der Waals surface area contributed by atoms with Crippen LogP contribution >= 0.6 is 0 Å². The second-order valence-electron chi connectivity index (χ2n) is 13.5. The molecule has 2 aliphatic rings. The van der Waals surface area contributed by atoms with Crippen LogP contribution < -0.4 is 4.18 Å². The van der Waals surface area contributed by atoms with Crippen LogP contribution in [-0.2, 0) is 53.0 Å². The molecule has 2 fully saturated rings. The zero-order valence-corrected chi connectivity index (χ0v) is 34.3. The fourth-order valence-corrected chi connectivity index (χ4v) is 8.24. The van der Waals surface area contributed by atoms with Crippen molar-refractivity contribution >= 4 is 42.3 Å². The summed E-state index contributed by atoms with van der Waals surface area (Å²) in [5, 5.41) is 9.30. The van der Waals surface area contributed by atoms with E-state index in [1.54, 1.807) is 31.2 Å². The number of phenolic OH excluding ortho intramolecular Hbond substituents is 1. The summed E-state index contributed by atoms with van der Waals surface area (Å²) in [6.45, 7) is 4.45. The molecular formula is C35H43F9O13S3. The number of aromatic hydroxyl groups is 1. The molecule has 2 aromatic rings. The molecule has 60 heavy (non-hydrogen) atoms. The second kappa shape index (κ2) is 21.8. The van der Waals surface area contributed by atoms with Crippen LogP contribution in [0.1, 0.15) is 101 Å². The molecule has 0 heterocycles. The number of halogens is 9. The minimum atomic E-state index is -6.85. The van der Waals surface area contributed by atoms with E-state index < -0.39 is 46.9 Å². The number of phenols is 1. The first-order chi connectivity index (χ1) is 27.5. The summed E-state index contributed by atoms with van der Waals surface area (Å²) >= 11 is 0. The fourth-order valence-electron chi connectivity index (χ4n) is 6.22. The van der Waals surface area contributed by atoms with Crippen LogP contribution in [0.2, 0.25) is 0 Å². The molecule has 2 saturated carbocycles. The maximum atomic E-state index is 12.3. The van der Waals surface area contributed by atoms with Crippen LogP contribution in [-0.4, -0.2) is 72.0 Å². The van der Waals surface area contributed by atoms with Crippen molar-refractivity contribution in [1.29, 1.82) is 0 Å². The van der Waals surface area contributed by atoms with Crippen molar-refractivity contribution in [3.63, 3.8) is 0 Å². The van der Waals surface area contributed by atoms with Crippen LogP contribution in [0.4, 0.5) is 39.5 Å². The third-order valence-electron chi connectivity index (χ3n) is 9.17. The van der Waals surface area contributed by atoms with Crippen LogP contribution in [0.5, 0.6) is 11.5 Å². The van der Waals surface area contributed by atoms with Crippen molar-refractivity contribution in [3.05, 3.63) is 59.7 Å². The molecule has 0 aromatic heterocycles. The van der Waals surface area contributed by atoms with Gasteiger partial charge in [0, 0.05) is 12.8 Å². The number of ether oxygens (including phenoxy) is 2. The summed E-state index contributed by atoms with van der Waals surface area (Å²) in [6.07, 6.45) is 8.82. The van der Waals surface area contributed by atoms with Crippen LogP contribution in [0.25, 0.3) is 0 Å². The van der Waals surface area contributed by atoms with Gasteiger partial charge in [0.1, 0.15) is 11.5 Å². The van der Waals surface area contributed by atoms with Crippen molar-refractivity contribution in [2.24, 2.45) is 11.8 Å². The molecule has 2 aliphatic carbocycles. The van der Waals surface area contributed by atoms with Crippen molar-refractivity contribution in [1.82, 2.24) is 0 Å². The smallest absolute Gasteiger partial charge is 0.508 e. The van der Waals surface area contributed by atoms with Gasteiger partial charge >= 0.3 is 58.8 Å². The normalized spacial score (nSPS) is 20.3. The average molecular weight is 939 g/mol. The Morgan fingerprint density at radius 3 is 1.17 bits per heavy atom. The van der Waals surface area contributed by atoms with E-state index in [1.807, 2.05) is 22.7 Å². The van der Waals surface area contributed by atoms with Gasteiger partial charge in [-0.1, -0.05) is 24.3 Å². The molecule has 0 aliphatic heterocycles. The lowest BCUT2D eigenvalue weighted by Gasteiger charge is -2.28. The van der Waals surface area contributed by atoms with Gasteiger partial charge in [-0.3, -0.25) is 9.59 Å². The van der Waals surface area contributed by atoms with Gasteiger partial charge in [-0.2, -0.15) is 64.8 Å². The first kappa shape index (κ1) is 52.3. The summed E-state index contributed by atoms with van der Waals surface area (Å²) in [5.74, 6) is 1.25. The zero-order chi connectivity index (χ0) is 45.7. The molecular weight excluding hydrogens is 896 g/mol. The lowest BCUT2D eigenvalue weighted by atomic mass is 9.77. The SMILES string of the molecule is CCOC(=O)CC1CCC(c2ccc(O)cc2)CC1.CCOC(=O)CC1CCC(c2ccc(OS(=O)(=O)C(F)(F)F)cc2)CC1.O=S(=O)(OS(=O)(=O)C(F)(F)F)C(F)(F)F. The van der Waals surface area contributed by atoms with Crippen LogP contribution in [0.15, 0.2) is 48.5 Å². The fraction of sp³-hybridized carbons (Fsp3) is 0.600. The van der Waals surface area contributed by atoms with Crippen molar-refractivity contribution in [3.8, 4) is 11.5 Å². The number of carbonyl (C=O) groups excluding carboxylic acids is 2. The molecule has 0 atom stereocenters. The summed E-state index contributed by atoms with van der Waals surface area (Å²) in [7, 11) is -19.3. The van der Waals surface area contributed by atoms with E-state index in [0.717, 1.165) is 56.9 Å². The Morgan fingerprint density at radius 1 is 0.550 bits per heavy atom. The van der Waals surface area contributed by atoms with Crippen molar-refractivity contribution in [2.45, 2.75) is 106 Å². The predicted octanol–water partition coefficient (Wildman–Crippen LogP) is 8.46. The first-order valence-corrected chi connectivity index (χ1v) is 22.3. The highest BCUT2D eigenvalue weighted by Gasteiger charge is 2.57. The number of carbonyl (C=O) groups is 2. The van der Waals surface area contributed by atoms with E-state index >= 15 is 0 Å². The van der Waals surface area contributed by atoms with Crippen molar-refractivity contribution < 1.29 is 96.7 Å². The molecule has 13 nitrogen and oxygen atoms in total. The summed E-state index contributed by atoms with van der Waals surface area (Å²) in [4.78, 5) is 23.0. The Morgan fingerprint density at radius 2 is 0.867 bits per heavy atom. The average Bonchev–Trinajstić information content (AvgIpc) is 3.12. The number of esters is 2. The molecule has 25 heteroatoms. The minimum Gasteiger partial charge on any atom is -0.508 e.